The van der Waals surface area contributed by atoms with Crippen molar-refractivity contribution in [3.63, 3.8) is 0 Å². The summed E-state index contributed by atoms with van der Waals surface area (Å²) in [4.78, 5) is 0. The average Bonchev–Trinajstić information content (AvgIpc) is 2.71. The fraction of sp³-hybridized carbons (Fsp3) is 0.714. The molecule has 1 aromatic heterocycles. The Kier molecular flexibility index (Phi) is 2.26. The second-order valence-electron chi connectivity index (χ2n) is 3.12. The molecule has 1 aliphatic rings. The van der Waals surface area contributed by atoms with Gasteiger partial charge in [-0.1, -0.05) is 5.21 Å². The van der Waals surface area contributed by atoms with Crippen LogP contribution in [0, 0.1) is 0 Å². The van der Waals surface area contributed by atoms with E-state index in [2.05, 4.69) is 10.3 Å². The van der Waals surface area contributed by atoms with Crippen LogP contribution in [0.3, 0.4) is 0 Å². The lowest BCUT2D eigenvalue weighted by molar-refractivity contribution is 0.183. The minimum absolute atomic E-state index is 0.0340. The third kappa shape index (κ3) is 1.55. The second-order valence-corrected chi connectivity index (χ2v) is 3.12. The van der Waals surface area contributed by atoms with E-state index < -0.39 is 0 Å². The monoisotopic (exact) mass is 184 g/mol. The van der Waals surface area contributed by atoms with Gasteiger partial charge in [-0.05, 0) is 0 Å². The van der Waals surface area contributed by atoms with Gasteiger partial charge < -0.3 is 15.6 Å². The van der Waals surface area contributed by atoms with Crippen molar-refractivity contribution < 1.29 is 9.84 Å². The molecule has 6 nitrogen and oxygen atoms in total. The van der Waals surface area contributed by atoms with Gasteiger partial charge in [-0.15, -0.1) is 5.10 Å². The molecule has 1 aliphatic heterocycles. The first-order valence-electron chi connectivity index (χ1n) is 4.16. The van der Waals surface area contributed by atoms with Crippen molar-refractivity contribution in [3.8, 4) is 0 Å². The molecule has 2 rings (SSSR count). The van der Waals surface area contributed by atoms with Crippen LogP contribution in [0.2, 0.25) is 0 Å². The summed E-state index contributed by atoms with van der Waals surface area (Å²) in [6, 6.07) is 0.0149. The lowest BCUT2D eigenvalue weighted by Crippen LogP contribution is -2.31. The zero-order valence-corrected chi connectivity index (χ0v) is 7.13. The second kappa shape index (κ2) is 3.41. The summed E-state index contributed by atoms with van der Waals surface area (Å²) < 4.78 is 6.85. The molecule has 13 heavy (non-hydrogen) atoms. The third-order valence-electron chi connectivity index (χ3n) is 2.15. The van der Waals surface area contributed by atoms with E-state index in [1.54, 1.807) is 10.9 Å². The Morgan fingerprint density at radius 1 is 1.69 bits per heavy atom. The van der Waals surface area contributed by atoms with Gasteiger partial charge in [-0.3, -0.25) is 0 Å². The zero-order valence-electron chi connectivity index (χ0n) is 7.13. The molecule has 1 saturated heterocycles. The summed E-state index contributed by atoms with van der Waals surface area (Å²) in [6.07, 6.45) is 1.69. The van der Waals surface area contributed by atoms with E-state index in [0.29, 0.717) is 18.9 Å². The maximum atomic E-state index is 8.78. The average molecular weight is 184 g/mol. The largest absolute Gasteiger partial charge is 0.390 e. The fourth-order valence-electron chi connectivity index (χ4n) is 1.38. The Morgan fingerprint density at radius 3 is 3.08 bits per heavy atom. The number of aromatic nitrogens is 3. The number of aliphatic hydroxyl groups excluding tert-OH is 1. The van der Waals surface area contributed by atoms with Crippen molar-refractivity contribution in [3.05, 3.63) is 11.9 Å². The van der Waals surface area contributed by atoms with Crippen molar-refractivity contribution in [2.75, 3.05) is 13.2 Å². The van der Waals surface area contributed by atoms with Crippen molar-refractivity contribution >= 4 is 0 Å². The Hall–Kier alpha value is -0.980. The molecular formula is C7H12N4O2. The third-order valence-corrected chi connectivity index (χ3v) is 2.15. The van der Waals surface area contributed by atoms with Crippen molar-refractivity contribution in [1.82, 2.24) is 15.0 Å². The number of nitrogens with two attached hydrogens (primary N) is 1. The minimum Gasteiger partial charge on any atom is -0.390 e. The Morgan fingerprint density at radius 2 is 2.54 bits per heavy atom. The molecule has 0 saturated carbocycles. The molecule has 2 atom stereocenters. The smallest absolute Gasteiger partial charge is 0.108 e. The van der Waals surface area contributed by atoms with Crippen LogP contribution in [0.1, 0.15) is 11.7 Å². The normalized spacial score (nSPS) is 28.2. The van der Waals surface area contributed by atoms with Gasteiger partial charge in [0.1, 0.15) is 5.69 Å². The number of hydrogen-bond acceptors (Lipinski definition) is 5. The van der Waals surface area contributed by atoms with Crippen molar-refractivity contribution in [1.29, 1.82) is 0 Å². The Labute approximate surface area is 75.3 Å². The van der Waals surface area contributed by atoms with E-state index in [9.17, 15) is 0 Å². The van der Waals surface area contributed by atoms with Gasteiger partial charge in [-0.2, -0.15) is 0 Å². The van der Waals surface area contributed by atoms with E-state index in [0.717, 1.165) is 0 Å². The predicted octanol–water partition coefficient (Wildman–Crippen LogP) is -1.33. The lowest BCUT2D eigenvalue weighted by atomic mass is 10.2. The molecule has 3 N–H and O–H groups in total. The Balaban J connectivity index is 2.15. The Bertz CT molecular complexity index is 288. The van der Waals surface area contributed by atoms with Crippen LogP contribution in [0.25, 0.3) is 0 Å². The van der Waals surface area contributed by atoms with Crippen LogP contribution in [-0.4, -0.2) is 39.4 Å². The molecule has 0 radical (unpaired) electrons. The molecule has 2 heterocycles. The van der Waals surface area contributed by atoms with Crippen LogP contribution >= 0.6 is 0 Å². The van der Waals surface area contributed by atoms with Gasteiger partial charge in [-0.25, -0.2) is 4.68 Å². The summed E-state index contributed by atoms with van der Waals surface area (Å²) >= 11 is 0. The van der Waals surface area contributed by atoms with Crippen LogP contribution in [0.5, 0.6) is 0 Å². The van der Waals surface area contributed by atoms with Gasteiger partial charge in [0, 0.05) is 0 Å². The number of rotatable bonds is 2. The number of ether oxygens (including phenoxy) is 1. The van der Waals surface area contributed by atoms with E-state index in [4.69, 9.17) is 15.6 Å². The van der Waals surface area contributed by atoms with Crippen molar-refractivity contribution in [2.45, 2.75) is 18.7 Å². The molecule has 0 amide bonds. The van der Waals surface area contributed by atoms with Crippen LogP contribution in [-0.2, 0) is 11.3 Å². The minimum atomic E-state index is -0.0944. The molecule has 0 aromatic carbocycles. The van der Waals surface area contributed by atoms with E-state index >= 15 is 0 Å². The number of nitrogens with zero attached hydrogens (tertiary/aromatic N) is 3. The van der Waals surface area contributed by atoms with Gasteiger partial charge in [0.15, 0.2) is 0 Å². The first-order chi connectivity index (χ1) is 6.31. The molecule has 0 unspecified atom stereocenters. The van der Waals surface area contributed by atoms with Crippen LogP contribution < -0.4 is 5.73 Å². The first kappa shape index (κ1) is 8.61. The quantitative estimate of drug-likeness (QED) is 0.594. The molecule has 72 valence electrons. The predicted molar refractivity (Wildman–Crippen MR) is 43.8 cm³/mol. The van der Waals surface area contributed by atoms with Gasteiger partial charge in [0.05, 0.1) is 38.1 Å². The molecule has 0 bridgehead atoms. The molecular weight excluding hydrogens is 172 g/mol. The van der Waals surface area contributed by atoms with E-state index in [1.165, 1.54) is 0 Å². The SMILES string of the molecule is N[C@@H]1COC[C@@H]1n1cc(CO)nn1. The number of hydrogen-bond donors (Lipinski definition) is 2. The molecule has 1 aromatic rings. The summed E-state index contributed by atoms with van der Waals surface area (Å²) in [5.41, 5.74) is 6.34. The highest BCUT2D eigenvalue weighted by atomic mass is 16.5. The standard InChI is InChI=1S/C7H12N4O2/c8-6-3-13-4-7(6)11-1-5(2-12)9-10-11/h1,6-7,12H,2-4,8H2/t6-,7+/m1/s1. The topological polar surface area (TPSA) is 86.2 Å². The highest BCUT2D eigenvalue weighted by Crippen LogP contribution is 2.16. The zero-order chi connectivity index (χ0) is 9.26. The lowest BCUT2D eigenvalue weighted by Gasteiger charge is -2.11. The maximum absolute atomic E-state index is 8.78. The van der Waals surface area contributed by atoms with Crippen molar-refractivity contribution in [2.24, 2.45) is 5.73 Å². The molecule has 0 spiro atoms. The fourth-order valence-corrected chi connectivity index (χ4v) is 1.38. The molecule has 6 heteroatoms. The van der Waals surface area contributed by atoms with Gasteiger partial charge in [0.2, 0.25) is 0 Å². The highest BCUT2D eigenvalue weighted by molar-refractivity contribution is 4.93. The molecule has 1 fully saturated rings. The first-order valence-corrected chi connectivity index (χ1v) is 4.16. The summed E-state index contributed by atoms with van der Waals surface area (Å²) in [6.45, 7) is 1.02. The highest BCUT2D eigenvalue weighted by Gasteiger charge is 2.27. The molecule has 0 aliphatic carbocycles. The summed E-state index contributed by atoms with van der Waals surface area (Å²) in [7, 11) is 0. The summed E-state index contributed by atoms with van der Waals surface area (Å²) in [5, 5.41) is 16.4. The van der Waals surface area contributed by atoms with Crippen LogP contribution in [0.4, 0.5) is 0 Å². The maximum Gasteiger partial charge on any atom is 0.108 e. The van der Waals surface area contributed by atoms with E-state index in [1.807, 2.05) is 0 Å². The van der Waals surface area contributed by atoms with Gasteiger partial charge >= 0.3 is 0 Å². The van der Waals surface area contributed by atoms with Gasteiger partial charge in [0.25, 0.3) is 0 Å². The summed E-state index contributed by atoms with van der Waals surface area (Å²) in [5.74, 6) is 0. The van der Waals surface area contributed by atoms with E-state index in [-0.39, 0.29) is 18.7 Å². The van der Waals surface area contributed by atoms with Crippen LogP contribution in [0.15, 0.2) is 6.20 Å². The number of aliphatic hydroxyl groups is 1.